The summed E-state index contributed by atoms with van der Waals surface area (Å²) in [5, 5.41) is 4.43. The van der Waals surface area contributed by atoms with Gasteiger partial charge in [-0.2, -0.15) is 5.10 Å². The van der Waals surface area contributed by atoms with E-state index in [-0.39, 0.29) is 5.54 Å². The number of ether oxygens (including phenoxy) is 2. The molecule has 0 unspecified atom stereocenters. The van der Waals surface area contributed by atoms with Crippen LogP contribution in [0.25, 0.3) is 0 Å². The van der Waals surface area contributed by atoms with Gasteiger partial charge in [0.15, 0.2) is 0 Å². The van der Waals surface area contributed by atoms with Gasteiger partial charge in [0.05, 0.1) is 31.4 Å². The molecule has 0 amide bonds. The van der Waals surface area contributed by atoms with Crippen molar-refractivity contribution in [3.05, 3.63) is 12.2 Å². The molecule has 0 N–H and O–H groups in total. The van der Waals surface area contributed by atoms with Crippen LogP contribution < -0.4 is 0 Å². The van der Waals surface area contributed by atoms with Crippen LogP contribution in [0, 0.1) is 5.92 Å². The molecule has 2 heterocycles. The Balaban J connectivity index is 1.76. The lowest BCUT2D eigenvalue weighted by molar-refractivity contribution is -0.0622. The van der Waals surface area contributed by atoms with Crippen LogP contribution in [0.3, 0.4) is 0 Å². The zero-order chi connectivity index (χ0) is 16.4. The van der Waals surface area contributed by atoms with Crippen molar-refractivity contribution >= 4 is 0 Å². The third-order valence-electron chi connectivity index (χ3n) is 5.18. The Hall–Kier alpha value is -0.980. The highest BCUT2D eigenvalue weighted by Crippen LogP contribution is 2.34. The van der Waals surface area contributed by atoms with Crippen LogP contribution in [-0.4, -0.2) is 58.7 Å². The van der Waals surface area contributed by atoms with E-state index in [1.54, 1.807) is 6.33 Å². The van der Waals surface area contributed by atoms with Gasteiger partial charge in [0, 0.05) is 25.6 Å². The van der Waals surface area contributed by atoms with E-state index in [4.69, 9.17) is 9.47 Å². The Morgan fingerprint density at radius 1 is 1.35 bits per heavy atom. The summed E-state index contributed by atoms with van der Waals surface area (Å²) in [7, 11) is 1.84. The topological polar surface area (TPSA) is 52.4 Å². The summed E-state index contributed by atoms with van der Waals surface area (Å²) in [6, 6.07) is 0.418. The van der Waals surface area contributed by atoms with Gasteiger partial charge >= 0.3 is 0 Å². The maximum Gasteiger partial charge on any atom is 0.141 e. The molecule has 3 rings (SSSR count). The molecule has 1 saturated heterocycles. The van der Waals surface area contributed by atoms with Gasteiger partial charge < -0.3 is 9.47 Å². The van der Waals surface area contributed by atoms with Crippen LogP contribution in [0.5, 0.6) is 0 Å². The van der Waals surface area contributed by atoms with E-state index in [0.717, 1.165) is 32.1 Å². The monoisotopic (exact) mass is 322 g/mol. The first-order valence-electron chi connectivity index (χ1n) is 8.74. The van der Waals surface area contributed by atoms with E-state index < -0.39 is 0 Å². The molecule has 0 bridgehead atoms. The molecule has 0 aromatic carbocycles. The van der Waals surface area contributed by atoms with Gasteiger partial charge in [0.1, 0.15) is 12.2 Å². The zero-order valence-corrected chi connectivity index (χ0v) is 14.9. The lowest BCUT2D eigenvalue weighted by Gasteiger charge is -2.40. The maximum absolute atomic E-state index is 5.79. The van der Waals surface area contributed by atoms with E-state index in [1.807, 2.05) is 11.8 Å². The summed E-state index contributed by atoms with van der Waals surface area (Å²) in [5.74, 6) is 1.60. The van der Waals surface area contributed by atoms with E-state index in [2.05, 4.69) is 35.8 Å². The van der Waals surface area contributed by atoms with E-state index in [1.165, 1.54) is 19.3 Å². The van der Waals surface area contributed by atoms with Crippen LogP contribution in [0.15, 0.2) is 6.33 Å². The lowest BCUT2D eigenvalue weighted by atomic mass is 9.94. The minimum absolute atomic E-state index is 0.0456. The van der Waals surface area contributed by atoms with Crippen molar-refractivity contribution in [1.29, 1.82) is 0 Å². The van der Waals surface area contributed by atoms with Crippen molar-refractivity contribution < 1.29 is 9.47 Å². The van der Waals surface area contributed by atoms with Gasteiger partial charge in [0.2, 0.25) is 0 Å². The second-order valence-corrected chi connectivity index (χ2v) is 7.74. The van der Waals surface area contributed by atoms with Gasteiger partial charge in [0.25, 0.3) is 0 Å². The Morgan fingerprint density at radius 2 is 2.17 bits per heavy atom. The smallest absolute Gasteiger partial charge is 0.141 e. The predicted molar refractivity (Wildman–Crippen MR) is 88.2 cm³/mol. The second kappa shape index (κ2) is 6.87. The first-order valence-corrected chi connectivity index (χ1v) is 8.74. The Bertz CT molecular complexity index is 511. The molecule has 6 nitrogen and oxygen atoms in total. The first-order chi connectivity index (χ1) is 11.0. The number of rotatable bonds is 4. The van der Waals surface area contributed by atoms with Crippen molar-refractivity contribution in [3.8, 4) is 0 Å². The number of hydrogen-bond donors (Lipinski definition) is 0. The predicted octanol–water partition coefficient (Wildman–Crippen LogP) is 2.05. The van der Waals surface area contributed by atoms with Gasteiger partial charge in [-0.05, 0) is 33.6 Å². The number of aromatic nitrogens is 3. The molecular formula is C17H30N4O2. The molecule has 1 saturated carbocycles. The molecule has 130 valence electrons. The third kappa shape index (κ3) is 3.59. The van der Waals surface area contributed by atoms with E-state index >= 15 is 0 Å². The molecule has 3 atom stereocenters. The molecule has 0 spiro atoms. The van der Waals surface area contributed by atoms with Crippen molar-refractivity contribution in [2.75, 3.05) is 26.9 Å². The summed E-state index contributed by atoms with van der Waals surface area (Å²) in [6.07, 6.45) is 5.69. The van der Waals surface area contributed by atoms with Gasteiger partial charge in [-0.15, -0.1) is 0 Å². The highest BCUT2D eigenvalue weighted by molar-refractivity contribution is 4.95. The highest BCUT2D eigenvalue weighted by atomic mass is 16.5. The van der Waals surface area contributed by atoms with Gasteiger partial charge in [-0.1, -0.05) is 6.42 Å². The quantitative estimate of drug-likeness (QED) is 0.849. The summed E-state index contributed by atoms with van der Waals surface area (Å²) < 4.78 is 13.6. The Kier molecular flexibility index (Phi) is 5.04. The molecule has 1 aliphatic carbocycles. The number of methoxy groups -OCH3 is 1. The minimum atomic E-state index is -0.0456. The fourth-order valence-electron chi connectivity index (χ4n) is 4.05. The highest BCUT2D eigenvalue weighted by Gasteiger charge is 2.39. The van der Waals surface area contributed by atoms with Gasteiger partial charge in [-0.3, -0.25) is 4.90 Å². The molecule has 1 aliphatic heterocycles. The summed E-state index contributed by atoms with van der Waals surface area (Å²) in [5.41, 5.74) is -0.0456. The summed E-state index contributed by atoms with van der Waals surface area (Å²) in [6.45, 7) is 9.88. The summed E-state index contributed by atoms with van der Waals surface area (Å²) in [4.78, 5) is 7.04. The zero-order valence-electron chi connectivity index (χ0n) is 14.9. The average Bonchev–Trinajstić information content (AvgIpc) is 3.15. The second-order valence-electron chi connectivity index (χ2n) is 7.74. The fraction of sp³-hybridized carbons (Fsp3) is 0.882. The minimum Gasteiger partial charge on any atom is -0.381 e. The Labute approximate surface area is 139 Å². The fourth-order valence-corrected chi connectivity index (χ4v) is 4.05. The van der Waals surface area contributed by atoms with Crippen molar-refractivity contribution in [2.24, 2.45) is 5.92 Å². The molecule has 1 aromatic heterocycles. The molecule has 2 aliphatic rings. The lowest BCUT2D eigenvalue weighted by Crippen LogP contribution is -2.51. The molecular weight excluding hydrogens is 292 g/mol. The van der Waals surface area contributed by atoms with Crippen LogP contribution in [0.1, 0.15) is 45.9 Å². The number of nitrogens with zero attached hydrogens (tertiary/aromatic N) is 4. The van der Waals surface area contributed by atoms with Crippen LogP contribution in [-0.2, 0) is 21.6 Å². The van der Waals surface area contributed by atoms with Crippen LogP contribution >= 0.6 is 0 Å². The standard InChI is InChI=1S/C17H30N4O2/c1-17(2,3)21-16(18-12-19-21)10-20-8-9-23-11-14(20)13-6-5-7-15(13)22-4/h12-15H,5-11H2,1-4H3/t13-,14+,15+/m0/s1. The SMILES string of the molecule is CO[C@@H]1CCC[C@H]1[C@H]1COCCN1Cc1ncnn1C(C)(C)C. The maximum atomic E-state index is 5.79. The van der Waals surface area contributed by atoms with E-state index in [9.17, 15) is 0 Å². The third-order valence-corrected chi connectivity index (χ3v) is 5.18. The molecule has 2 fully saturated rings. The molecule has 1 aromatic rings. The largest absolute Gasteiger partial charge is 0.381 e. The molecule has 6 heteroatoms. The number of hydrogen-bond acceptors (Lipinski definition) is 5. The van der Waals surface area contributed by atoms with Crippen molar-refractivity contribution in [3.63, 3.8) is 0 Å². The summed E-state index contributed by atoms with van der Waals surface area (Å²) >= 11 is 0. The normalized spacial score (nSPS) is 30.0. The average molecular weight is 322 g/mol. The molecule has 0 radical (unpaired) electrons. The van der Waals surface area contributed by atoms with Crippen molar-refractivity contribution in [1.82, 2.24) is 19.7 Å². The van der Waals surface area contributed by atoms with E-state index in [0.29, 0.717) is 18.1 Å². The molecule has 23 heavy (non-hydrogen) atoms. The van der Waals surface area contributed by atoms with Crippen LogP contribution in [0.4, 0.5) is 0 Å². The van der Waals surface area contributed by atoms with Gasteiger partial charge in [-0.25, -0.2) is 9.67 Å². The number of morpholine rings is 1. The Morgan fingerprint density at radius 3 is 2.91 bits per heavy atom. The van der Waals surface area contributed by atoms with Crippen LogP contribution in [0.2, 0.25) is 0 Å². The van der Waals surface area contributed by atoms with Crippen molar-refractivity contribution in [2.45, 2.75) is 64.3 Å². The first kappa shape index (κ1) is 16.9.